The molecule has 2 aliphatic rings. The normalized spacial score (nSPS) is 17.2. The van der Waals surface area contributed by atoms with E-state index in [1.54, 1.807) is 101 Å². The van der Waals surface area contributed by atoms with Gasteiger partial charge in [0, 0.05) is 24.2 Å². The van der Waals surface area contributed by atoms with Crippen molar-refractivity contribution < 1.29 is 38.2 Å². The van der Waals surface area contributed by atoms with Gasteiger partial charge in [0.1, 0.15) is 35.4 Å². The largest absolute Gasteiger partial charge is 0.465 e. The van der Waals surface area contributed by atoms with Gasteiger partial charge < -0.3 is 40.6 Å². The van der Waals surface area contributed by atoms with Gasteiger partial charge in [0.25, 0.3) is 11.8 Å². The van der Waals surface area contributed by atoms with Gasteiger partial charge in [-0.15, -0.1) is 0 Å². The summed E-state index contributed by atoms with van der Waals surface area (Å²) in [4.78, 5) is 69.6. The van der Waals surface area contributed by atoms with Crippen molar-refractivity contribution in [3.63, 3.8) is 0 Å². The number of hydrogen-bond acceptors (Lipinski definition) is 6. The SMILES string of the molecule is Cc1c(F)c(-c2cnc([C@@H]3CCCN3C(=O)[C@H](NC(=O)O)c3ccccc3)[nH]2)c(C)c(F)c1-c1ccc(-c2cnc(C3CCCN3C(=O)C(NC(=O)O)c3ccccc3)[nH]2)cc1. The maximum atomic E-state index is 16.5. The van der Waals surface area contributed by atoms with Crippen molar-refractivity contribution in [1.82, 2.24) is 40.4 Å². The van der Waals surface area contributed by atoms with Crippen LogP contribution in [-0.2, 0) is 9.59 Å². The number of amides is 4. The number of halogens is 2. The van der Waals surface area contributed by atoms with Gasteiger partial charge >= 0.3 is 12.2 Å². The molecule has 2 saturated heterocycles. The molecule has 0 bridgehead atoms. The molecule has 318 valence electrons. The van der Waals surface area contributed by atoms with E-state index in [1.807, 2.05) is 0 Å². The monoisotopic (exact) mass is 842 g/mol. The maximum absolute atomic E-state index is 16.5. The van der Waals surface area contributed by atoms with Gasteiger partial charge in [-0.1, -0.05) is 84.9 Å². The zero-order valence-electron chi connectivity index (χ0n) is 33.9. The average molecular weight is 843 g/mol. The number of carbonyl (C=O) groups is 4. The molecule has 0 spiro atoms. The molecule has 0 radical (unpaired) electrons. The van der Waals surface area contributed by atoms with E-state index in [2.05, 4.69) is 30.6 Å². The molecule has 62 heavy (non-hydrogen) atoms. The van der Waals surface area contributed by atoms with Gasteiger partial charge in [-0.3, -0.25) is 9.59 Å². The average Bonchev–Trinajstić information content (AvgIpc) is 4.12. The number of nitrogens with zero attached hydrogens (tertiary/aromatic N) is 4. The van der Waals surface area contributed by atoms with E-state index in [4.69, 9.17) is 0 Å². The first-order valence-electron chi connectivity index (χ1n) is 20.3. The number of H-pyrrole nitrogens is 2. The van der Waals surface area contributed by atoms with Crippen LogP contribution in [0.2, 0.25) is 0 Å². The Morgan fingerprint density at radius 1 is 0.629 bits per heavy atom. The van der Waals surface area contributed by atoms with Crippen LogP contribution in [0.5, 0.6) is 0 Å². The predicted molar refractivity (Wildman–Crippen MR) is 224 cm³/mol. The third-order valence-electron chi connectivity index (χ3n) is 11.8. The quantitative estimate of drug-likeness (QED) is 0.0748. The fourth-order valence-corrected chi connectivity index (χ4v) is 8.76. The van der Waals surface area contributed by atoms with Crippen LogP contribution < -0.4 is 10.6 Å². The van der Waals surface area contributed by atoms with Crippen LogP contribution in [0.4, 0.5) is 18.4 Å². The molecule has 0 aliphatic carbocycles. The molecule has 2 aromatic heterocycles. The Bertz CT molecular complexity index is 2610. The number of likely N-dealkylation sites (tertiary alicyclic amines) is 2. The summed E-state index contributed by atoms with van der Waals surface area (Å²) in [6.07, 6.45) is 2.94. The van der Waals surface area contributed by atoms with Crippen molar-refractivity contribution in [1.29, 1.82) is 0 Å². The van der Waals surface area contributed by atoms with E-state index in [9.17, 15) is 29.4 Å². The first kappa shape index (κ1) is 41.4. The van der Waals surface area contributed by atoms with Gasteiger partial charge in [-0.25, -0.2) is 28.3 Å². The lowest BCUT2D eigenvalue weighted by atomic mass is 9.91. The van der Waals surface area contributed by atoms with Crippen LogP contribution in [0.15, 0.2) is 97.3 Å². The molecule has 2 fully saturated rings. The molecule has 8 rings (SSSR count). The van der Waals surface area contributed by atoms with Crippen LogP contribution in [0, 0.1) is 25.5 Å². The molecule has 0 saturated carbocycles. The van der Waals surface area contributed by atoms with Crippen molar-refractivity contribution in [2.75, 3.05) is 13.1 Å². The van der Waals surface area contributed by atoms with Gasteiger partial charge in [0.2, 0.25) is 0 Å². The molecule has 2 unspecified atom stereocenters. The number of carbonyl (C=O) groups excluding carboxylic acids is 2. The van der Waals surface area contributed by atoms with Crippen molar-refractivity contribution in [2.24, 2.45) is 0 Å². The summed E-state index contributed by atoms with van der Waals surface area (Å²) < 4.78 is 32.9. The summed E-state index contributed by atoms with van der Waals surface area (Å²) in [5, 5.41) is 23.7. The van der Waals surface area contributed by atoms with Crippen molar-refractivity contribution in [3.8, 4) is 33.6 Å². The zero-order chi connectivity index (χ0) is 43.7. The molecule has 16 heteroatoms. The summed E-state index contributed by atoms with van der Waals surface area (Å²) in [5.41, 5.74) is 3.38. The molecule has 4 amide bonds. The molecule has 4 heterocycles. The minimum Gasteiger partial charge on any atom is -0.465 e. The van der Waals surface area contributed by atoms with Crippen molar-refractivity contribution in [3.05, 3.63) is 143 Å². The van der Waals surface area contributed by atoms with E-state index in [-0.39, 0.29) is 33.9 Å². The predicted octanol–water partition coefficient (Wildman–Crippen LogP) is 8.37. The van der Waals surface area contributed by atoms with Crippen LogP contribution >= 0.6 is 0 Å². The van der Waals surface area contributed by atoms with Crippen LogP contribution in [-0.4, -0.2) is 77.0 Å². The lowest BCUT2D eigenvalue weighted by Crippen LogP contribution is -2.42. The smallest absolute Gasteiger partial charge is 0.405 e. The number of aromatic amines is 2. The fraction of sp³-hybridized carbons (Fsp3) is 0.261. The second-order valence-corrected chi connectivity index (χ2v) is 15.5. The van der Waals surface area contributed by atoms with Gasteiger partial charge in [-0.05, 0) is 72.9 Å². The Morgan fingerprint density at radius 2 is 1.05 bits per heavy atom. The molecular formula is C46H44F2N8O6. The first-order chi connectivity index (χ1) is 29.9. The highest BCUT2D eigenvalue weighted by molar-refractivity contribution is 5.88. The summed E-state index contributed by atoms with van der Waals surface area (Å²) in [5.74, 6) is -1.12. The van der Waals surface area contributed by atoms with Crippen LogP contribution in [0.25, 0.3) is 33.6 Å². The summed E-state index contributed by atoms with van der Waals surface area (Å²) in [6.45, 7) is 3.82. The van der Waals surface area contributed by atoms with Crippen LogP contribution in [0.3, 0.4) is 0 Å². The fourth-order valence-electron chi connectivity index (χ4n) is 8.76. The molecule has 6 N–H and O–H groups in total. The van der Waals surface area contributed by atoms with E-state index in [0.717, 1.165) is 5.56 Å². The zero-order valence-corrected chi connectivity index (χ0v) is 33.9. The van der Waals surface area contributed by atoms with Gasteiger partial charge in [0.05, 0.1) is 35.9 Å². The molecule has 4 aromatic carbocycles. The molecule has 2 aliphatic heterocycles. The van der Waals surface area contributed by atoms with Crippen molar-refractivity contribution in [2.45, 2.75) is 63.7 Å². The van der Waals surface area contributed by atoms with Gasteiger partial charge in [0.15, 0.2) is 0 Å². The number of imidazole rings is 2. The minimum atomic E-state index is -1.34. The third kappa shape index (κ3) is 7.98. The molecule has 6 aromatic rings. The Balaban J connectivity index is 1.01. The van der Waals surface area contributed by atoms with Gasteiger partial charge in [-0.2, -0.15) is 0 Å². The number of aromatic nitrogens is 4. The van der Waals surface area contributed by atoms with Crippen molar-refractivity contribution >= 4 is 24.0 Å². The Labute approximate surface area is 355 Å². The number of carboxylic acid groups (broad SMARTS) is 2. The van der Waals surface area contributed by atoms with E-state index < -0.39 is 53.9 Å². The highest BCUT2D eigenvalue weighted by Crippen LogP contribution is 2.40. The number of hydrogen-bond donors (Lipinski definition) is 6. The third-order valence-corrected chi connectivity index (χ3v) is 11.8. The summed E-state index contributed by atoms with van der Waals surface area (Å²) in [6, 6.07) is 21.1. The standard InChI is InChI=1S/C46H44F2N8O6/c1-25-35(28-19-17-27(18-20-28)31-23-49-41(51-31)33-15-9-21-55(33)43(57)39(53-45(59)60)29-11-5-3-6-12-29)37(47)26(2)36(38(25)48)32-24-50-42(52-32)34-16-10-22-56(34)44(58)40(54-46(61)62)30-13-7-4-8-14-30/h3-8,11-14,17-20,23-24,33-34,39-40,53-54H,9-10,15-16,21-22H2,1-2H3,(H,49,51)(H,50,52)(H,59,60)(H,61,62)/t33?,34-,39?,40+/m0/s1. The van der Waals surface area contributed by atoms with E-state index in [0.29, 0.717) is 72.8 Å². The molecule has 14 nitrogen and oxygen atoms in total. The van der Waals surface area contributed by atoms with Crippen LogP contribution in [0.1, 0.15) is 83.8 Å². The summed E-state index contributed by atoms with van der Waals surface area (Å²) >= 11 is 0. The van der Waals surface area contributed by atoms with E-state index in [1.165, 1.54) is 20.0 Å². The first-order valence-corrected chi connectivity index (χ1v) is 20.3. The Morgan fingerprint density at radius 3 is 1.53 bits per heavy atom. The maximum Gasteiger partial charge on any atom is 0.405 e. The van der Waals surface area contributed by atoms with E-state index >= 15 is 8.78 Å². The topological polar surface area (TPSA) is 197 Å². The lowest BCUT2D eigenvalue weighted by molar-refractivity contribution is -0.135. The second kappa shape index (κ2) is 17.3. The molecular weight excluding hydrogens is 799 g/mol. The number of rotatable bonds is 11. The highest BCUT2D eigenvalue weighted by atomic mass is 19.1. The Kier molecular flexibility index (Phi) is 11.6. The minimum absolute atomic E-state index is 0.0166. The Hall–Kier alpha value is -7.36. The summed E-state index contributed by atoms with van der Waals surface area (Å²) in [7, 11) is 0. The molecule has 4 atom stereocenters. The lowest BCUT2D eigenvalue weighted by Gasteiger charge is -2.28. The second-order valence-electron chi connectivity index (χ2n) is 15.5. The highest BCUT2D eigenvalue weighted by Gasteiger charge is 2.39. The number of benzene rings is 4. The number of nitrogens with one attached hydrogen (secondary N) is 4.